The molecule has 0 fully saturated rings. The number of aromatic amines is 1. The number of nitrogens with zero attached hydrogens (tertiary/aromatic N) is 2. The van der Waals surface area contributed by atoms with E-state index < -0.39 is 5.60 Å². The second-order valence-corrected chi connectivity index (χ2v) is 5.85. The molecule has 1 unspecified atom stereocenters. The fourth-order valence-corrected chi connectivity index (χ4v) is 2.24. The van der Waals surface area contributed by atoms with E-state index in [1.165, 1.54) is 0 Å². The number of aromatic nitrogens is 3. The molecular formula is C13H21N3O3. The van der Waals surface area contributed by atoms with Crippen LogP contribution in [-0.4, -0.2) is 40.2 Å². The summed E-state index contributed by atoms with van der Waals surface area (Å²) in [5.74, 6) is -0.103. The third kappa shape index (κ3) is 4.02. The van der Waals surface area contributed by atoms with Crippen molar-refractivity contribution >= 4 is 5.97 Å². The van der Waals surface area contributed by atoms with Crippen molar-refractivity contribution in [3.05, 3.63) is 11.4 Å². The van der Waals surface area contributed by atoms with Gasteiger partial charge in [0.2, 0.25) is 0 Å². The Bertz CT molecular complexity index is 437. The molecule has 0 aliphatic heterocycles. The van der Waals surface area contributed by atoms with E-state index in [9.17, 15) is 4.79 Å². The van der Waals surface area contributed by atoms with Crippen molar-refractivity contribution < 1.29 is 14.3 Å². The van der Waals surface area contributed by atoms with Gasteiger partial charge < -0.3 is 9.47 Å². The van der Waals surface area contributed by atoms with Gasteiger partial charge in [0.15, 0.2) is 0 Å². The van der Waals surface area contributed by atoms with Crippen LogP contribution in [0, 0.1) is 0 Å². The zero-order chi connectivity index (χ0) is 13.9. The lowest BCUT2D eigenvalue weighted by atomic mass is 9.90. The van der Waals surface area contributed by atoms with Gasteiger partial charge in [-0.1, -0.05) is 0 Å². The fourth-order valence-electron chi connectivity index (χ4n) is 2.24. The molecule has 1 heterocycles. The summed E-state index contributed by atoms with van der Waals surface area (Å²) in [7, 11) is 0. The number of hydrogen-bond donors (Lipinski definition) is 1. The molecule has 0 radical (unpaired) electrons. The Hall–Kier alpha value is -1.43. The highest BCUT2D eigenvalue weighted by molar-refractivity contribution is 5.71. The van der Waals surface area contributed by atoms with Gasteiger partial charge in [-0.05, 0) is 40.0 Å². The normalized spacial score (nSPS) is 19.0. The first-order valence-electron chi connectivity index (χ1n) is 6.65. The Kier molecular flexibility index (Phi) is 4.19. The van der Waals surface area contributed by atoms with Crippen LogP contribution in [0.1, 0.15) is 50.9 Å². The van der Waals surface area contributed by atoms with Gasteiger partial charge >= 0.3 is 5.97 Å². The predicted molar refractivity (Wildman–Crippen MR) is 68.7 cm³/mol. The third-order valence-corrected chi connectivity index (χ3v) is 2.96. The van der Waals surface area contributed by atoms with Crippen LogP contribution in [0.4, 0.5) is 0 Å². The predicted octanol–water partition coefficient (Wildman–Crippen LogP) is 1.58. The highest BCUT2D eigenvalue weighted by Gasteiger charge is 2.24. The summed E-state index contributed by atoms with van der Waals surface area (Å²) in [4.78, 5) is 11.5. The summed E-state index contributed by atoms with van der Waals surface area (Å²) in [6, 6.07) is 0. The van der Waals surface area contributed by atoms with Crippen molar-refractivity contribution in [1.29, 1.82) is 0 Å². The molecule has 1 aromatic heterocycles. The number of hydrogen-bond acceptors (Lipinski definition) is 5. The number of carbonyl (C=O) groups excluding carboxylic acids is 1. The minimum Gasteiger partial charge on any atom is -0.458 e. The van der Waals surface area contributed by atoms with Gasteiger partial charge in [-0.25, -0.2) is 4.79 Å². The third-order valence-electron chi connectivity index (χ3n) is 2.96. The van der Waals surface area contributed by atoms with Crippen molar-refractivity contribution in [1.82, 2.24) is 15.4 Å². The van der Waals surface area contributed by atoms with Crippen LogP contribution in [0.3, 0.4) is 0 Å². The number of H-pyrrole nitrogens is 1. The Balaban J connectivity index is 1.77. The van der Waals surface area contributed by atoms with E-state index in [1.54, 1.807) is 0 Å². The monoisotopic (exact) mass is 267 g/mol. The maximum absolute atomic E-state index is 11.5. The second kappa shape index (κ2) is 5.69. The van der Waals surface area contributed by atoms with Crippen molar-refractivity contribution in [2.24, 2.45) is 0 Å². The minimum atomic E-state index is -0.468. The van der Waals surface area contributed by atoms with E-state index in [-0.39, 0.29) is 18.5 Å². The topological polar surface area (TPSA) is 77.1 Å². The number of fused-ring (bicyclic) bond motifs is 1. The van der Waals surface area contributed by atoms with E-state index in [1.807, 2.05) is 20.8 Å². The summed E-state index contributed by atoms with van der Waals surface area (Å²) in [6.07, 6.45) is 3.07. The molecule has 6 nitrogen and oxygen atoms in total. The van der Waals surface area contributed by atoms with Gasteiger partial charge in [0, 0.05) is 5.92 Å². The molecule has 19 heavy (non-hydrogen) atoms. The molecule has 106 valence electrons. The van der Waals surface area contributed by atoms with Gasteiger partial charge in [0.25, 0.3) is 0 Å². The molecule has 0 aromatic carbocycles. The number of aryl methyl sites for hydroxylation is 1. The molecule has 0 bridgehead atoms. The largest absolute Gasteiger partial charge is 0.458 e. The highest BCUT2D eigenvalue weighted by Crippen LogP contribution is 2.28. The fraction of sp³-hybridized carbons (Fsp3) is 0.769. The number of carbonyl (C=O) groups is 1. The van der Waals surface area contributed by atoms with Crippen LogP contribution in [0.5, 0.6) is 0 Å². The number of nitrogens with one attached hydrogen (secondary N) is 1. The quantitative estimate of drug-likeness (QED) is 0.838. The molecule has 1 aromatic rings. The van der Waals surface area contributed by atoms with Gasteiger partial charge in [-0.2, -0.15) is 15.4 Å². The lowest BCUT2D eigenvalue weighted by Gasteiger charge is -2.21. The first kappa shape index (κ1) is 14.0. The molecular weight excluding hydrogens is 246 g/mol. The molecule has 1 aliphatic carbocycles. The molecule has 1 atom stereocenters. The van der Waals surface area contributed by atoms with Crippen LogP contribution < -0.4 is 0 Å². The summed E-state index contributed by atoms with van der Waals surface area (Å²) >= 11 is 0. The van der Waals surface area contributed by atoms with E-state index in [0.717, 1.165) is 30.7 Å². The van der Waals surface area contributed by atoms with Gasteiger partial charge in [0.05, 0.1) is 18.0 Å². The Morgan fingerprint density at radius 3 is 2.95 bits per heavy atom. The highest BCUT2D eigenvalue weighted by atomic mass is 16.6. The standard InChI is InChI=1S/C13H21N3O3/c1-13(2,3)19-11(17)8-18-7-9-5-4-6-10-12(9)15-16-14-10/h9H,4-8H2,1-3H3,(H,14,15,16). The van der Waals surface area contributed by atoms with Gasteiger partial charge in [-0.15, -0.1) is 0 Å². The van der Waals surface area contributed by atoms with Gasteiger partial charge in [-0.3, -0.25) is 0 Å². The molecule has 6 heteroatoms. The van der Waals surface area contributed by atoms with E-state index in [4.69, 9.17) is 9.47 Å². The lowest BCUT2D eigenvalue weighted by molar-refractivity contribution is -0.160. The first-order valence-corrected chi connectivity index (χ1v) is 6.65. The van der Waals surface area contributed by atoms with Crippen LogP contribution in [0.2, 0.25) is 0 Å². The van der Waals surface area contributed by atoms with Crippen molar-refractivity contribution in [2.75, 3.05) is 13.2 Å². The molecule has 0 saturated heterocycles. The maximum atomic E-state index is 11.5. The lowest BCUT2D eigenvalue weighted by Crippen LogP contribution is -2.27. The smallest absolute Gasteiger partial charge is 0.332 e. The van der Waals surface area contributed by atoms with E-state index in [0.29, 0.717) is 6.61 Å². The Morgan fingerprint density at radius 1 is 1.42 bits per heavy atom. The van der Waals surface area contributed by atoms with Crippen molar-refractivity contribution in [2.45, 2.75) is 51.6 Å². The van der Waals surface area contributed by atoms with Crippen LogP contribution in [0.25, 0.3) is 0 Å². The van der Waals surface area contributed by atoms with Gasteiger partial charge in [0.1, 0.15) is 12.2 Å². The molecule has 0 spiro atoms. The Morgan fingerprint density at radius 2 is 2.21 bits per heavy atom. The number of rotatable bonds is 4. The average Bonchev–Trinajstić information content (AvgIpc) is 2.75. The summed E-state index contributed by atoms with van der Waals surface area (Å²) in [5.41, 5.74) is 1.54. The van der Waals surface area contributed by atoms with Crippen LogP contribution >= 0.6 is 0 Å². The van der Waals surface area contributed by atoms with Crippen molar-refractivity contribution in [3.8, 4) is 0 Å². The Labute approximate surface area is 112 Å². The van der Waals surface area contributed by atoms with Crippen molar-refractivity contribution in [3.63, 3.8) is 0 Å². The molecule has 0 amide bonds. The summed E-state index contributed by atoms with van der Waals surface area (Å²) < 4.78 is 10.6. The zero-order valence-electron chi connectivity index (χ0n) is 11.7. The van der Waals surface area contributed by atoms with Crippen LogP contribution in [-0.2, 0) is 20.7 Å². The second-order valence-electron chi connectivity index (χ2n) is 5.85. The summed E-state index contributed by atoms with van der Waals surface area (Å²) in [5, 5.41) is 10.9. The van der Waals surface area contributed by atoms with E-state index in [2.05, 4.69) is 15.4 Å². The molecule has 1 aliphatic rings. The summed E-state index contributed by atoms with van der Waals surface area (Å²) in [6.45, 7) is 5.99. The molecule has 1 N–H and O–H groups in total. The number of esters is 1. The first-order chi connectivity index (χ1) is 8.96. The zero-order valence-corrected chi connectivity index (χ0v) is 11.7. The van der Waals surface area contributed by atoms with E-state index >= 15 is 0 Å². The van der Waals surface area contributed by atoms with Crippen LogP contribution in [0.15, 0.2) is 0 Å². The SMILES string of the molecule is CC(C)(C)OC(=O)COCC1CCCc2n[nH]nc21. The molecule has 2 rings (SSSR count). The molecule has 0 saturated carbocycles. The minimum absolute atomic E-state index is 0.0129. The maximum Gasteiger partial charge on any atom is 0.332 e. The average molecular weight is 267 g/mol. The number of ether oxygens (including phenoxy) is 2.